The molecule has 0 aliphatic rings. The third-order valence-electron chi connectivity index (χ3n) is 5.10. The van der Waals surface area contributed by atoms with Gasteiger partial charge >= 0.3 is 0 Å². The molecule has 0 spiro atoms. The summed E-state index contributed by atoms with van der Waals surface area (Å²) in [5.41, 5.74) is 17.0. The number of aliphatic imine (C=N–C) groups is 1. The number of unbranched alkanes of at least 4 members (excludes halogenated alkanes) is 1. The summed E-state index contributed by atoms with van der Waals surface area (Å²) in [6.07, 6.45) is 7.01. The van der Waals surface area contributed by atoms with E-state index in [0.717, 1.165) is 52.4 Å². The van der Waals surface area contributed by atoms with Crippen molar-refractivity contribution in [1.82, 2.24) is 4.98 Å². The third kappa shape index (κ3) is 9.91. The van der Waals surface area contributed by atoms with E-state index < -0.39 is 0 Å². The molecule has 0 radical (unpaired) electrons. The molecule has 0 fully saturated rings. The second-order valence-corrected chi connectivity index (χ2v) is 8.55. The van der Waals surface area contributed by atoms with Gasteiger partial charge in [-0.15, -0.1) is 0 Å². The van der Waals surface area contributed by atoms with Crippen molar-refractivity contribution in [2.24, 2.45) is 21.6 Å². The number of aryl methyl sites for hydroxylation is 1. The van der Waals surface area contributed by atoms with Crippen LogP contribution >= 0.6 is 0 Å². The van der Waals surface area contributed by atoms with E-state index in [9.17, 15) is 0 Å². The minimum Gasteiger partial charge on any atom is -0.496 e. The standard InChI is InChI=1S/C24H32N4O2.C4H11N/c1-8-9-22(30-28-15(2)3)18(6)27-24(25)20-12-19(13-23(29-7)17(20)5)21-11-10-16(4)14-26-21;1-2-3-4-5/h9-14,18H,8H2,1-7H3,(H2,25,27);2-5H2,1H3/b22-9+;. The normalized spacial score (nSPS) is 12.4. The Hall–Kier alpha value is -3.19. The molecule has 0 aliphatic carbocycles. The topological polar surface area (TPSA) is 108 Å². The summed E-state index contributed by atoms with van der Waals surface area (Å²) in [7, 11) is 1.65. The number of allylic oxidation sites excluding steroid dienone is 1. The van der Waals surface area contributed by atoms with Crippen LogP contribution in [0, 0.1) is 13.8 Å². The highest BCUT2D eigenvalue weighted by molar-refractivity contribution is 6.00. The SMILES string of the molecule is CC/C=C(/ON=C(C)C)C(C)N=C(N)c1cc(-c2ccc(C)cn2)cc(OC)c1C.CCCCN. The molecule has 0 bridgehead atoms. The number of ether oxygens (including phenoxy) is 1. The van der Waals surface area contributed by atoms with Gasteiger partial charge in [0.15, 0.2) is 5.76 Å². The van der Waals surface area contributed by atoms with Gasteiger partial charge in [0.05, 0.1) is 18.5 Å². The zero-order valence-electron chi connectivity index (χ0n) is 22.7. The Morgan fingerprint density at radius 3 is 2.37 bits per heavy atom. The lowest BCUT2D eigenvalue weighted by Crippen LogP contribution is -2.20. The Balaban J connectivity index is 0.00000111. The van der Waals surface area contributed by atoms with E-state index >= 15 is 0 Å². The number of benzene rings is 1. The van der Waals surface area contributed by atoms with Crippen molar-refractivity contribution in [1.29, 1.82) is 0 Å². The molecule has 1 unspecified atom stereocenters. The molecule has 2 aromatic rings. The highest BCUT2D eigenvalue weighted by atomic mass is 16.6. The predicted molar refractivity (Wildman–Crippen MR) is 148 cm³/mol. The fourth-order valence-electron chi connectivity index (χ4n) is 3.13. The van der Waals surface area contributed by atoms with E-state index in [1.54, 1.807) is 7.11 Å². The first-order chi connectivity index (χ1) is 16.7. The molecule has 0 saturated carbocycles. The number of aromatic nitrogens is 1. The van der Waals surface area contributed by atoms with Crippen molar-refractivity contribution in [3.05, 3.63) is 59.0 Å². The summed E-state index contributed by atoms with van der Waals surface area (Å²) in [5.74, 6) is 1.82. The number of methoxy groups -OCH3 is 1. The summed E-state index contributed by atoms with van der Waals surface area (Å²) in [6, 6.07) is 7.71. The monoisotopic (exact) mass is 481 g/mol. The third-order valence-corrected chi connectivity index (χ3v) is 5.10. The lowest BCUT2D eigenvalue weighted by atomic mass is 10.00. The lowest BCUT2D eigenvalue weighted by molar-refractivity contribution is 0.208. The van der Waals surface area contributed by atoms with Crippen LogP contribution in [0.15, 0.2) is 52.4 Å². The number of oxime groups is 1. The van der Waals surface area contributed by atoms with Crippen LogP contribution in [0.4, 0.5) is 0 Å². The summed E-state index contributed by atoms with van der Waals surface area (Å²) in [5, 5.41) is 4.06. The summed E-state index contributed by atoms with van der Waals surface area (Å²) in [6.45, 7) is 14.7. The van der Waals surface area contributed by atoms with Crippen LogP contribution in [0.1, 0.15) is 70.6 Å². The first-order valence-corrected chi connectivity index (χ1v) is 12.2. The second-order valence-electron chi connectivity index (χ2n) is 8.55. The second kappa shape index (κ2) is 15.7. The summed E-state index contributed by atoms with van der Waals surface area (Å²) in [4.78, 5) is 14.8. The molecule has 7 heteroatoms. The molecule has 1 aromatic heterocycles. The highest BCUT2D eigenvalue weighted by Gasteiger charge is 2.16. The number of rotatable bonds is 10. The molecule has 0 aliphatic heterocycles. The molecule has 7 nitrogen and oxygen atoms in total. The largest absolute Gasteiger partial charge is 0.496 e. The van der Waals surface area contributed by atoms with Gasteiger partial charge in [-0.25, -0.2) is 0 Å². The van der Waals surface area contributed by atoms with E-state index in [2.05, 4.69) is 22.1 Å². The molecule has 1 heterocycles. The maximum Gasteiger partial charge on any atom is 0.155 e. The maximum atomic E-state index is 6.44. The fourth-order valence-corrected chi connectivity index (χ4v) is 3.13. The van der Waals surface area contributed by atoms with Gasteiger partial charge in [-0.05, 0) is 83.8 Å². The quantitative estimate of drug-likeness (QED) is 0.189. The number of nitrogens with two attached hydrogens (primary N) is 2. The first-order valence-electron chi connectivity index (χ1n) is 12.2. The molecule has 1 aromatic carbocycles. The number of nitrogens with zero attached hydrogens (tertiary/aromatic N) is 3. The molecule has 0 saturated heterocycles. The van der Waals surface area contributed by atoms with Gasteiger partial charge in [-0.1, -0.05) is 31.5 Å². The summed E-state index contributed by atoms with van der Waals surface area (Å²) < 4.78 is 5.59. The minimum atomic E-state index is -0.278. The van der Waals surface area contributed by atoms with Gasteiger partial charge < -0.3 is 21.0 Å². The zero-order chi connectivity index (χ0) is 26.4. The highest BCUT2D eigenvalue weighted by Crippen LogP contribution is 2.29. The fraction of sp³-hybridized carbons (Fsp3) is 0.464. The Labute approximate surface area is 211 Å². The molecule has 35 heavy (non-hydrogen) atoms. The molecule has 192 valence electrons. The molecule has 1 atom stereocenters. The molecular formula is C28H43N5O2. The predicted octanol–water partition coefficient (Wildman–Crippen LogP) is 5.92. The van der Waals surface area contributed by atoms with E-state index in [1.165, 1.54) is 12.8 Å². The van der Waals surface area contributed by atoms with Crippen LogP contribution in [0.3, 0.4) is 0 Å². The van der Waals surface area contributed by atoms with Gasteiger partial charge in [0.25, 0.3) is 0 Å². The Morgan fingerprint density at radius 1 is 1.17 bits per heavy atom. The number of amidine groups is 1. The van der Waals surface area contributed by atoms with Gasteiger partial charge in [-0.3, -0.25) is 9.98 Å². The zero-order valence-corrected chi connectivity index (χ0v) is 22.7. The number of hydrogen-bond donors (Lipinski definition) is 2. The Bertz CT molecular complexity index is 1000. The van der Waals surface area contributed by atoms with Crippen molar-refractivity contribution in [2.45, 2.75) is 73.8 Å². The van der Waals surface area contributed by atoms with Gasteiger partial charge in [0, 0.05) is 22.9 Å². The average Bonchev–Trinajstić information content (AvgIpc) is 2.83. The van der Waals surface area contributed by atoms with Crippen LogP contribution < -0.4 is 16.2 Å². The van der Waals surface area contributed by atoms with Crippen molar-refractivity contribution in [3.8, 4) is 17.0 Å². The number of hydrogen-bond acceptors (Lipinski definition) is 6. The van der Waals surface area contributed by atoms with E-state index in [0.29, 0.717) is 11.6 Å². The van der Waals surface area contributed by atoms with Crippen LogP contribution in [0.2, 0.25) is 0 Å². The van der Waals surface area contributed by atoms with Gasteiger partial charge in [0.1, 0.15) is 17.6 Å². The van der Waals surface area contributed by atoms with Crippen LogP contribution in [0.5, 0.6) is 5.75 Å². The van der Waals surface area contributed by atoms with Crippen molar-refractivity contribution < 1.29 is 9.57 Å². The first kappa shape index (κ1) is 29.8. The maximum absolute atomic E-state index is 6.44. The Kier molecular flexibility index (Phi) is 13.4. The van der Waals surface area contributed by atoms with E-state index in [4.69, 9.17) is 21.0 Å². The lowest BCUT2D eigenvalue weighted by Gasteiger charge is -2.15. The molecule has 0 amide bonds. The molecule has 4 N–H and O–H groups in total. The average molecular weight is 482 g/mol. The minimum absolute atomic E-state index is 0.278. The van der Waals surface area contributed by atoms with Crippen LogP contribution in [-0.2, 0) is 4.84 Å². The van der Waals surface area contributed by atoms with Crippen molar-refractivity contribution >= 4 is 11.5 Å². The van der Waals surface area contributed by atoms with Crippen LogP contribution in [0.25, 0.3) is 11.3 Å². The van der Waals surface area contributed by atoms with Crippen molar-refractivity contribution in [3.63, 3.8) is 0 Å². The Morgan fingerprint density at radius 2 is 1.89 bits per heavy atom. The number of pyridine rings is 1. The van der Waals surface area contributed by atoms with E-state index in [-0.39, 0.29) is 6.04 Å². The van der Waals surface area contributed by atoms with Gasteiger partial charge in [0.2, 0.25) is 0 Å². The molecule has 2 rings (SSSR count). The van der Waals surface area contributed by atoms with Gasteiger partial charge in [-0.2, -0.15) is 0 Å². The van der Waals surface area contributed by atoms with Crippen molar-refractivity contribution in [2.75, 3.05) is 13.7 Å². The smallest absolute Gasteiger partial charge is 0.155 e. The van der Waals surface area contributed by atoms with E-state index in [1.807, 2.05) is 78.1 Å². The molecular weight excluding hydrogens is 438 g/mol. The summed E-state index contributed by atoms with van der Waals surface area (Å²) >= 11 is 0. The van der Waals surface area contributed by atoms with Crippen LogP contribution in [-0.4, -0.2) is 36.2 Å².